The van der Waals surface area contributed by atoms with E-state index in [1.54, 1.807) is 0 Å². The van der Waals surface area contributed by atoms with Crippen LogP contribution >= 0.6 is 0 Å². The molecule has 2 aliphatic rings. The number of rotatable bonds is 6. The van der Waals surface area contributed by atoms with Crippen molar-refractivity contribution in [2.45, 2.75) is 77.3 Å². The minimum atomic E-state index is 0.379. The first-order chi connectivity index (χ1) is 12.2. The van der Waals surface area contributed by atoms with Crippen molar-refractivity contribution in [3.05, 3.63) is 24.2 Å². The van der Waals surface area contributed by atoms with Crippen LogP contribution in [0.3, 0.4) is 0 Å². The van der Waals surface area contributed by atoms with E-state index in [9.17, 15) is 0 Å². The maximum Gasteiger partial charge on any atom is 0.223 e. The molecule has 2 heterocycles. The summed E-state index contributed by atoms with van der Waals surface area (Å²) in [5.74, 6) is 1.59. The topological polar surface area (TPSA) is 55.6 Å². The molecule has 0 radical (unpaired) electrons. The van der Waals surface area contributed by atoms with E-state index in [4.69, 9.17) is 4.98 Å². The van der Waals surface area contributed by atoms with Crippen molar-refractivity contribution in [3.63, 3.8) is 0 Å². The zero-order valence-electron chi connectivity index (χ0n) is 15.4. The molecule has 2 aromatic heterocycles. The second kappa shape index (κ2) is 7.14. The van der Waals surface area contributed by atoms with E-state index < -0.39 is 0 Å². The summed E-state index contributed by atoms with van der Waals surface area (Å²) in [6, 6.07) is 2.92. The van der Waals surface area contributed by atoms with Crippen molar-refractivity contribution in [2.75, 3.05) is 5.32 Å². The Labute approximate surface area is 150 Å². The Kier molecular flexibility index (Phi) is 4.73. The minimum absolute atomic E-state index is 0.379. The maximum atomic E-state index is 4.82. The van der Waals surface area contributed by atoms with Crippen LogP contribution in [0.2, 0.25) is 0 Å². The predicted molar refractivity (Wildman–Crippen MR) is 101 cm³/mol. The van der Waals surface area contributed by atoms with Crippen molar-refractivity contribution in [2.24, 2.45) is 5.92 Å². The summed E-state index contributed by atoms with van der Waals surface area (Å²) >= 11 is 0. The normalized spacial score (nSPS) is 18.7. The fraction of sp³-hybridized carbons (Fsp3) is 0.650. The summed E-state index contributed by atoms with van der Waals surface area (Å²) in [7, 11) is 0. The fourth-order valence-corrected chi connectivity index (χ4v) is 3.85. The van der Waals surface area contributed by atoms with E-state index in [0.29, 0.717) is 12.1 Å². The van der Waals surface area contributed by atoms with E-state index in [-0.39, 0.29) is 0 Å². The predicted octanol–water partition coefficient (Wildman–Crippen LogP) is 4.62. The highest BCUT2D eigenvalue weighted by atomic mass is 15.3. The van der Waals surface area contributed by atoms with Gasteiger partial charge in [0, 0.05) is 29.5 Å². The van der Waals surface area contributed by atoms with Gasteiger partial charge in [0.1, 0.15) is 0 Å². The van der Waals surface area contributed by atoms with Gasteiger partial charge in [0.25, 0.3) is 0 Å². The Morgan fingerprint density at radius 3 is 2.68 bits per heavy atom. The van der Waals surface area contributed by atoms with Gasteiger partial charge in [-0.1, -0.05) is 19.3 Å². The average molecular weight is 339 g/mol. The third-order valence-corrected chi connectivity index (χ3v) is 5.44. The van der Waals surface area contributed by atoms with E-state index in [1.807, 2.05) is 18.5 Å². The molecule has 4 rings (SSSR count). The van der Waals surface area contributed by atoms with Gasteiger partial charge in [-0.3, -0.25) is 4.68 Å². The average Bonchev–Trinajstić information content (AvgIpc) is 3.33. The summed E-state index contributed by atoms with van der Waals surface area (Å²) in [6.07, 6.45) is 14.1. The van der Waals surface area contributed by atoms with Gasteiger partial charge in [-0.25, -0.2) is 9.97 Å². The lowest BCUT2D eigenvalue weighted by Crippen LogP contribution is -2.23. The van der Waals surface area contributed by atoms with Crippen LogP contribution in [0.25, 0.3) is 11.3 Å². The zero-order chi connectivity index (χ0) is 17.2. The fourth-order valence-electron chi connectivity index (χ4n) is 3.85. The molecule has 2 aromatic rings. The lowest BCUT2D eigenvalue weighted by molar-refractivity contribution is 0.461. The molecule has 134 valence electrons. The number of hydrogen-bond acceptors (Lipinski definition) is 4. The first kappa shape index (κ1) is 16.6. The Bertz CT molecular complexity index is 711. The summed E-state index contributed by atoms with van der Waals surface area (Å²) in [5.41, 5.74) is 3.50. The van der Waals surface area contributed by atoms with Gasteiger partial charge in [0.2, 0.25) is 5.95 Å². The first-order valence-electron chi connectivity index (χ1n) is 9.87. The minimum Gasteiger partial charge on any atom is -0.351 e. The van der Waals surface area contributed by atoms with Gasteiger partial charge in [0.05, 0.1) is 11.9 Å². The third kappa shape index (κ3) is 3.86. The molecule has 0 amide bonds. The second-order valence-electron chi connectivity index (χ2n) is 7.94. The van der Waals surface area contributed by atoms with Crippen LogP contribution in [-0.4, -0.2) is 25.8 Å². The Morgan fingerprint density at radius 2 is 1.96 bits per heavy atom. The standard InChI is InChI=1S/C20H29N5/c1-14(2)25-19(12-15-8-9-15)17(13-22-25)18-10-11-21-20(24-18)23-16-6-4-3-5-7-16/h10-11,13-16H,3-9,12H2,1-2H3,(H,21,23,24). The van der Waals surface area contributed by atoms with E-state index in [0.717, 1.165) is 24.0 Å². The van der Waals surface area contributed by atoms with Gasteiger partial charge in [-0.15, -0.1) is 0 Å². The number of hydrogen-bond donors (Lipinski definition) is 1. The monoisotopic (exact) mass is 339 g/mol. The SMILES string of the molecule is CC(C)n1ncc(-c2ccnc(NC3CCCCC3)n2)c1CC1CC1. The van der Waals surface area contributed by atoms with Crippen molar-refractivity contribution >= 4 is 5.95 Å². The Balaban J connectivity index is 1.59. The van der Waals surface area contributed by atoms with Crippen LogP contribution in [-0.2, 0) is 6.42 Å². The number of nitrogens with one attached hydrogen (secondary N) is 1. The van der Waals surface area contributed by atoms with Crippen molar-refractivity contribution in [1.29, 1.82) is 0 Å². The molecule has 0 unspecified atom stereocenters. The van der Waals surface area contributed by atoms with Gasteiger partial charge < -0.3 is 5.32 Å². The molecule has 0 atom stereocenters. The lowest BCUT2D eigenvalue weighted by atomic mass is 9.96. The Morgan fingerprint density at radius 1 is 1.16 bits per heavy atom. The van der Waals surface area contributed by atoms with E-state index >= 15 is 0 Å². The maximum absolute atomic E-state index is 4.82. The molecule has 0 aliphatic heterocycles. The van der Waals surface area contributed by atoms with Crippen molar-refractivity contribution < 1.29 is 0 Å². The smallest absolute Gasteiger partial charge is 0.223 e. The highest BCUT2D eigenvalue weighted by molar-refractivity contribution is 5.62. The van der Waals surface area contributed by atoms with Crippen LogP contribution in [0.4, 0.5) is 5.95 Å². The first-order valence-corrected chi connectivity index (χ1v) is 9.87. The molecule has 5 nitrogen and oxygen atoms in total. The molecular weight excluding hydrogens is 310 g/mol. The molecule has 0 bridgehead atoms. The van der Waals surface area contributed by atoms with Crippen LogP contribution in [0.15, 0.2) is 18.5 Å². The lowest BCUT2D eigenvalue weighted by Gasteiger charge is -2.22. The third-order valence-electron chi connectivity index (χ3n) is 5.44. The Hall–Kier alpha value is -1.91. The molecule has 0 aromatic carbocycles. The molecule has 0 spiro atoms. The molecular formula is C20H29N5. The van der Waals surface area contributed by atoms with Crippen molar-refractivity contribution in [1.82, 2.24) is 19.7 Å². The van der Waals surface area contributed by atoms with E-state index in [1.165, 1.54) is 56.2 Å². The summed E-state index contributed by atoms with van der Waals surface area (Å²) in [6.45, 7) is 4.40. The molecule has 2 saturated carbocycles. The largest absolute Gasteiger partial charge is 0.351 e. The quantitative estimate of drug-likeness (QED) is 0.834. The van der Waals surface area contributed by atoms with Crippen LogP contribution in [0.1, 0.15) is 70.5 Å². The summed E-state index contributed by atoms with van der Waals surface area (Å²) in [5, 5.41) is 8.20. The van der Waals surface area contributed by atoms with Crippen LogP contribution in [0, 0.1) is 5.92 Å². The van der Waals surface area contributed by atoms with Crippen LogP contribution < -0.4 is 5.32 Å². The number of aromatic nitrogens is 4. The molecule has 25 heavy (non-hydrogen) atoms. The zero-order valence-corrected chi connectivity index (χ0v) is 15.4. The molecule has 5 heteroatoms. The second-order valence-corrected chi connectivity index (χ2v) is 7.94. The summed E-state index contributed by atoms with van der Waals surface area (Å²) in [4.78, 5) is 9.28. The van der Waals surface area contributed by atoms with Gasteiger partial charge >= 0.3 is 0 Å². The van der Waals surface area contributed by atoms with Crippen molar-refractivity contribution in [3.8, 4) is 11.3 Å². The highest BCUT2D eigenvalue weighted by Gasteiger charge is 2.26. The van der Waals surface area contributed by atoms with Gasteiger partial charge in [-0.05, 0) is 57.9 Å². The summed E-state index contributed by atoms with van der Waals surface area (Å²) < 4.78 is 2.17. The van der Waals surface area contributed by atoms with Crippen LogP contribution in [0.5, 0.6) is 0 Å². The highest BCUT2D eigenvalue weighted by Crippen LogP contribution is 2.36. The molecule has 2 aliphatic carbocycles. The number of nitrogens with zero attached hydrogens (tertiary/aromatic N) is 4. The molecule has 1 N–H and O–H groups in total. The van der Waals surface area contributed by atoms with Gasteiger partial charge in [-0.2, -0.15) is 5.10 Å². The van der Waals surface area contributed by atoms with Gasteiger partial charge in [0.15, 0.2) is 0 Å². The molecule has 2 fully saturated rings. The van der Waals surface area contributed by atoms with E-state index in [2.05, 4.69) is 33.9 Å². The molecule has 0 saturated heterocycles. The number of anilines is 1.